The van der Waals surface area contributed by atoms with Crippen LogP contribution in [0.5, 0.6) is 0 Å². The van der Waals surface area contributed by atoms with Crippen LogP contribution >= 0.6 is 0 Å². The zero-order chi connectivity index (χ0) is 16.2. The lowest BCUT2D eigenvalue weighted by Crippen LogP contribution is -2.42. The summed E-state index contributed by atoms with van der Waals surface area (Å²) in [6, 6.07) is 7.88. The smallest absolute Gasteiger partial charge is 0.271 e. The van der Waals surface area contributed by atoms with E-state index in [1.165, 1.54) is 18.0 Å². The minimum absolute atomic E-state index is 0.0529. The van der Waals surface area contributed by atoms with E-state index in [4.69, 9.17) is 0 Å². The summed E-state index contributed by atoms with van der Waals surface area (Å²) in [7, 11) is 0. The molecule has 1 aromatic carbocycles. The third-order valence-corrected chi connectivity index (χ3v) is 3.83. The lowest BCUT2D eigenvalue weighted by Gasteiger charge is -2.29. The maximum absolute atomic E-state index is 12.4. The summed E-state index contributed by atoms with van der Waals surface area (Å²) in [5.41, 5.74) is 3.06. The van der Waals surface area contributed by atoms with Gasteiger partial charge in [-0.05, 0) is 31.4 Å². The number of para-hydroxylation sites is 1. The molecule has 0 spiro atoms. The molecule has 0 radical (unpaired) electrons. The van der Waals surface area contributed by atoms with E-state index in [2.05, 4.69) is 15.3 Å². The van der Waals surface area contributed by atoms with E-state index in [-0.39, 0.29) is 18.1 Å². The van der Waals surface area contributed by atoms with Gasteiger partial charge < -0.3 is 10.2 Å². The number of amides is 2. The van der Waals surface area contributed by atoms with Gasteiger partial charge in [0.25, 0.3) is 5.91 Å². The Bertz CT molecular complexity index is 728. The number of fused-ring (bicyclic) bond motifs is 1. The maximum Gasteiger partial charge on any atom is 0.271 e. The molecule has 0 saturated carbocycles. The molecule has 1 aromatic heterocycles. The van der Waals surface area contributed by atoms with Gasteiger partial charge in [0.2, 0.25) is 5.91 Å². The Kier molecular flexibility index (Phi) is 4.32. The minimum atomic E-state index is -0.392. The predicted octanol–water partition coefficient (Wildman–Crippen LogP) is 1.49. The summed E-state index contributed by atoms with van der Waals surface area (Å²) in [5.74, 6) is -0.512. The molecule has 0 atom stereocenters. The standard InChI is InChI=1S/C17H18N4O2/c1-12-9-19-14(10-18-12)17(23)20-11-16(22)21-8-4-6-13-5-2-3-7-15(13)21/h2-3,5,7,9-10H,4,6,8,11H2,1H3,(H,20,23). The number of hydrogen-bond acceptors (Lipinski definition) is 4. The molecule has 0 unspecified atom stereocenters. The normalized spacial score (nSPS) is 13.3. The molecule has 1 aliphatic heterocycles. The molecule has 6 nitrogen and oxygen atoms in total. The fourth-order valence-electron chi connectivity index (χ4n) is 2.64. The average molecular weight is 310 g/mol. The first kappa shape index (κ1) is 15.1. The number of carbonyl (C=O) groups excluding carboxylic acids is 2. The highest BCUT2D eigenvalue weighted by Gasteiger charge is 2.22. The van der Waals surface area contributed by atoms with Crippen molar-refractivity contribution in [3.05, 3.63) is 53.6 Å². The van der Waals surface area contributed by atoms with Crippen LogP contribution < -0.4 is 10.2 Å². The highest BCUT2D eigenvalue weighted by Crippen LogP contribution is 2.26. The Hall–Kier alpha value is -2.76. The number of hydrogen-bond donors (Lipinski definition) is 1. The van der Waals surface area contributed by atoms with Crippen LogP contribution in [0.2, 0.25) is 0 Å². The molecule has 0 bridgehead atoms. The number of nitrogens with zero attached hydrogens (tertiary/aromatic N) is 3. The molecular weight excluding hydrogens is 292 g/mol. The number of benzene rings is 1. The SMILES string of the molecule is Cc1cnc(C(=O)NCC(=O)N2CCCc3ccccc32)cn1. The van der Waals surface area contributed by atoms with Gasteiger partial charge in [-0.3, -0.25) is 14.6 Å². The Balaban J connectivity index is 1.64. The first-order valence-corrected chi connectivity index (χ1v) is 7.60. The van der Waals surface area contributed by atoms with Crippen LogP contribution in [-0.2, 0) is 11.2 Å². The zero-order valence-corrected chi connectivity index (χ0v) is 13.0. The quantitative estimate of drug-likeness (QED) is 0.932. The van der Waals surface area contributed by atoms with Gasteiger partial charge in [-0.2, -0.15) is 0 Å². The van der Waals surface area contributed by atoms with Gasteiger partial charge in [-0.25, -0.2) is 4.98 Å². The zero-order valence-electron chi connectivity index (χ0n) is 13.0. The Morgan fingerprint density at radius 2 is 2.04 bits per heavy atom. The molecule has 2 aromatic rings. The lowest BCUT2D eigenvalue weighted by atomic mass is 10.0. The molecule has 23 heavy (non-hydrogen) atoms. The van der Waals surface area contributed by atoms with Gasteiger partial charge in [-0.15, -0.1) is 0 Å². The van der Waals surface area contributed by atoms with E-state index >= 15 is 0 Å². The van der Waals surface area contributed by atoms with Crippen LogP contribution in [0, 0.1) is 6.92 Å². The number of aromatic nitrogens is 2. The molecule has 0 saturated heterocycles. The summed E-state index contributed by atoms with van der Waals surface area (Å²) in [4.78, 5) is 34.2. The van der Waals surface area contributed by atoms with E-state index in [0.717, 1.165) is 24.2 Å². The van der Waals surface area contributed by atoms with Gasteiger partial charge >= 0.3 is 0 Å². The van der Waals surface area contributed by atoms with Gasteiger partial charge in [0.1, 0.15) is 5.69 Å². The van der Waals surface area contributed by atoms with Crippen LogP contribution in [0.4, 0.5) is 5.69 Å². The van der Waals surface area contributed by atoms with Crippen molar-refractivity contribution in [2.45, 2.75) is 19.8 Å². The highest BCUT2D eigenvalue weighted by atomic mass is 16.2. The van der Waals surface area contributed by atoms with E-state index in [1.807, 2.05) is 24.3 Å². The maximum atomic E-state index is 12.4. The third-order valence-electron chi connectivity index (χ3n) is 3.83. The monoisotopic (exact) mass is 310 g/mol. The molecular formula is C17H18N4O2. The summed E-state index contributed by atoms with van der Waals surface area (Å²) < 4.78 is 0. The topological polar surface area (TPSA) is 75.2 Å². The van der Waals surface area contributed by atoms with Crippen molar-refractivity contribution >= 4 is 17.5 Å². The molecule has 0 fully saturated rings. The van der Waals surface area contributed by atoms with Gasteiger partial charge in [0, 0.05) is 18.4 Å². The first-order valence-electron chi connectivity index (χ1n) is 7.60. The van der Waals surface area contributed by atoms with E-state index in [0.29, 0.717) is 6.54 Å². The molecule has 2 heterocycles. The van der Waals surface area contributed by atoms with Gasteiger partial charge in [0.05, 0.1) is 18.4 Å². The second-order valence-electron chi connectivity index (χ2n) is 5.50. The molecule has 118 valence electrons. The van der Waals surface area contributed by atoms with Gasteiger partial charge in [0.15, 0.2) is 0 Å². The predicted molar refractivity (Wildman–Crippen MR) is 86.2 cm³/mol. The summed E-state index contributed by atoms with van der Waals surface area (Å²) in [6.07, 6.45) is 4.84. The lowest BCUT2D eigenvalue weighted by molar-refractivity contribution is -0.117. The molecule has 2 amide bonds. The Morgan fingerprint density at radius 3 is 2.83 bits per heavy atom. The number of anilines is 1. The van der Waals surface area contributed by atoms with Crippen molar-refractivity contribution in [3.8, 4) is 0 Å². The summed E-state index contributed by atoms with van der Waals surface area (Å²) >= 11 is 0. The van der Waals surface area contributed by atoms with Crippen molar-refractivity contribution in [2.24, 2.45) is 0 Å². The van der Waals surface area contributed by atoms with Crippen LogP contribution in [0.3, 0.4) is 0 Å². The molecule has 3 rings (SSSR count). The van der Waals surface area contributed by atoms with Crippen molar-refractivity contribution in [3.63, 3.8) is 0 Å². The van der Waals surface area contributed by atoms with Gasteiger partial charge in [-0.1, -0.05) is 18.2 Å². The fourth-order valence-corrected chi connectivity index (χ4v) is 2.64. The van der Waals surface area contributed by atoms with E-state index in [9.17, 15) is 9.59 Å². The van der Waals surface area contributed by atoms with Crippen molar-refractivity contribution < 1.29 is 9.59 Å². The van der Waals surface area contributed by atoms with Crippen LogP contribution in [0.25, 0.3) is 0 Å². The average Bonchev–Trinajstić information content (AvgIpc) is 2.59. The van der Waals surface area contributed by atoms with Crippen LogP contribution in [0.1, 0.15) is 28.2 Å². The number of aryl methyl sites for hydroxylation is 2. The Labute approximate surface area is 134 Å². The van der Waals surface area contributed by atoms with Crippen molar-refractivity contribution in [1.82, 2.24) is 15.3 Å². The minimum Gasteiger partial charge on any atom is -0.342 e. The second kappa shape index (κ2) is 6.56. The largest absolute Gasteiger partial charge is 0.342 e. The number of carbonyl (C=O) groups is 2. The number of nitrogens with one attached hydrogen (secondary N) is 1. The number of rotatable bonds is 3. The van der Waals surface area contributed by atoms with Crippen molar-refractivity contribution in [1.29, 1.82) is 0 Å². The summed E-state index contributed by atoms with van der Waals surface area (Å²) in [6.45, 7) is 2.42. The Morgan fingerprint density at radius 1 is 1.22 bits per heavy atom. The fraction of sp³-hybridized carbons (Fsp3) is 0.294. The van der Waals surface area contributed by atoms with Crippen molar-refractivity contribution in [2.75, 3.05) is 18.0 Å². The second-order valence-corrected chi connectivity index (χ2v) is 5.50. The first-order chi connectivity index (χ1) is 11.1. The molecule has 1 N–H and O–H groups in total. The molecule has 1 aliphatic rings. The summed E-state index contributed by atoms with van der Waals surface area (Å²) in [5, 5.41) is 2.61. The van der Waals surface area contributed by atoms with Crippen LogP contribution in [-0.4, -0.2) is 34.9 Å². The van der Waals surface area contributed by atoms with E-state index < -0.39 is 5.91 Å². The highest BCUT2D eigenvalue weighted by molar-refractivity contribution is 6.00. The third kappa shape index (κ3) is 3.36. The van der Waals surface area contributed by atoms with E-state index in [1.54, 1.807) is 11.8 Å². The van der Waals surface area contributed by atoms with Crippen LogP contribution in [0.15, 0.2) is 36.7 Å². The molecule has 6 heteroatoms. The molecule has 0 aliphatic carbocycles.